The summed E-state index contributed by atoms with van der Waals surface area (Å²) < 4.78 is 0. The maximum Gasteiger partial charge on any atom is 0.161 e. The Bertz CT molecular complexity index is 737. The van der Waals surface area contributed by atoms with Crippen LogP contribution in [0.5, 0.6) is 11.5 Å². The number of hydrogen-bond donors (Lipinski definition) is 3. The topological polar surface area (TPSA) is 63.9 Å². The Labute approximate surface area is 156 Å². The molecular weight excluding hydrogens is 326 g/mol. The predicted molar refractivity (Wildman–Crippen MR) is 103 cm³/mol. The van der Waals surface area contributed by atoms with Crippen LogP contribution in [0.15, 0.2) is 24.3 Å². The fourth-order valence-corrected chi connectivity index (χ4v) is 5.42. The maximum atomic E-state index is 11.8. The molecular formula is C22H31NO3. The van der Waals surface area contributed by atoms with Crippen LogP contribution in [0, 0.1) is 5.92 Å². The number of phenolic OH excluding ortho intramolecular Hbond substituents is 2. The number of fused-ring (bicyclic) bond motifs is 4. The van der Waals surface area contributed by atoms with Crippen molar-refractivity contribution in [2.45, 2.75) is 69.4 Å². The van der Waals surface area contributed by atoms with Gasteiger partial charge in [0.1, 0.15) is 0 Å². The molecule has 0 amide bonds. The van der Waals surface area contributed by atoms with Gasteiger partial charge in [-0.15, -0.1) is 0 Å². The molecule has 0 spiro atoms. The Morgan fingerprint density at radius 3 is 2.69 bits per heavy atom. The third kappa shape index (κ3) is 2.49. The van der Waals surface area contributed by atoms with Crippen molar-refractivity contribution in [2.24, 2.45) is 5.92 Å². The Kier molecular flexibility index (Phi) is 4.12. The molecule has 4 nitrogen and oxygen atoms in total. The second-order valence-corrected chi connectivity index (χ2v) is 8.89. The molecule has 4 rings (SSSR count). The molecule has 1 saturated carbocycles. The number of hydrogen-bond acceptors (Lipinski definition) is 4. The number of piperidine rings is 1. The number of allylic oxidation sites excluding steroid dienone is 1. The van der Waals surface area contributed by atoms with Crippen molar-refractivity contribution in [2.75, 3.05) is 13.1 Å². The van der Waals surface area contributed by atoms with E-state index in [9.17, 15) is 15.3 Å². The molecule has 1 heterocycles. The number of aromatic hydroxyl groups is 2. The molecule has 26 heavy (non-hydrogen) atoms. The van der Waals surface area contributed by atoms with E-state index in [4.69, 9.17) is 0 Å². The minimum absolute atomic E-state index is 0.0398. The monoisotopic (exact) mass is 357 g/mol. The number of rotatable bonds is 5. The van der Waals surface area contributed by atoms with Crippen LogP contribution >= 0.6 is 0 Å². The van der Waals surface area contributed by atoms with Gasteiger partial charge in [0.15, 0.2) is 11.5 Å². The molecule has 1 aromatic rings. The normalized spacial score (nSPS) is 33.7. The number of likely N-dealkylation sites (tertiary alicyclic amines) is 1. The van der Waals surface area contributed by atoms with Gasteiger partial charge in [0.05, 0.1) is 5.60 Å². The number of phenols is 2. The fourth-order valence-electron chi connectivity index (χ4n) is 5.42. The molecule has 3 N–H and O–H groups in total. The maximum absolute atomic E-state index is 11.8. The van der Waals surface area contributed by atoms with Crippen LogP contribution in [0.4, 0.5) is 0 Å². The lowest BCUT2D eigenvalue weighted by Gasteiger charge is -2.61. The SMILES string of the molecule is C=C(CC)C[C@]12CCN(CC3CC3)C(Cc3ccc(O)c(O)c31)C2(C)O. The molecule has 2 unspecified atom stereocenters. The van der Waals surface area contributed by atoms with Crippen molar-refractivity contribution in [3.05, 3.63) is 35.4 Å². The van der Waals surface area contributed by atoms with Crippen molar-refractivity contribution in [1.29, 1.82) is 0 Å². The summed E-state index contributed by atoms with van der Waals surface area (Å²) in [6.45, 7) is 10.2. The quantitative estimate of drug-likeness (QED) is 0.558. The smallest absolute Gasteiger partial charge is 0.161 e. The Balaban J connectivity index is 1.85. The predicted octanol–water partition coefficient (Wildman–Crippen LogP) is 3.48. The first-order valence-electron chi connectivity index (χ1n) is 9.97. The van der Waals surface area contributed by atoms with Gasteiger partial charge in [-0.1, -0.05) is 25.1 Å². The number of benzene rings is 1. The lowest BCUT2D eigenvalue weighted by Crippen LogP contribution is -2.70. The van der Waals surface area contributed by atoms with Gasteiger partial charge in [0.25, 0.3) is 0 Å². The van der Waals surface area contributed by atoms with Crippen molar-refractivity contribution in [3.63, 3.8) is 0 Å². The van der Waals surface area contributed by atoms with E-state index in [-0.39, 0.29) is 17.5 Å². The third-order valence-electron chi connectivity index (χ3n) is 7.26. The van der Waals surface area contributed by atoms with Crippen molar-refractivity contribution in [1.82, 2.24) is 4.90 Å². The van der Waals surface area contributed by atoms with Gasteiger partial charge in [0, 0.05) is 23.6 Å². The molecule has 0 radical (unpaired) electrons. The van der Waals surface area contributed by atoms with Gasteiger partial charge in [-0.3, -0.25) is 4.90 Å². The highest BCUT2D eigenvalue weighted by Crippen LogP contribution is 2.58. The molecule has 4 heteroatoms. The van der Waals surface area contributed by atoms with E-state index >= 15 is 0 Å². The highest BCUT2D eigenvalue weighted by Gasteiger charge is 2.61. The molecule has 0 aromatic heterocycles. The first-order valence-corrected chi connectivity index (χ1v) is 9.97. The minimum atomic E-state index is -0.976. The molecule has 1 saturated heterocycles. The standard InChI is InChI=1S/C22H31NO3/c1-4-14(2)12-22-9-10-23(13-15-5-6-15)18(21(22,3)26)11-16-7-8-17(24)20(25)19(16)22/h7-8,15,18,24-26H,2,4-6,9-13H2,1,3H3/t18?,21?,22-/m1/s1. The van der Waals surface area contributed by atoms with Crippen LogP contribution in [-0.2, 0) is 11.8 Å². The first-order chi connectivity index (χ1) is 12.3. The second-order valence-electron chi connectivity index (χ2n) is 8.89. The summed E-state index contributed by atoms with van der Waals surface area (Å²) in [6, 6.07) is 3.55. The molecule has 2 aliphatic carbocycles. The highest BCUT2D eigenvalue weighted by atomic mass is 16.3. The zero-order chi connectivity index (χ0) is 18.7. The van der Waals surface area contributed by atoms with Gasteiger partial charge < -0.3 is 15.3 Å². The summed E-state index contributed by atoms with van der Waals surface area (Å²) in [5.74, 6) is 0.624. The summed E-state index contributed by atoms with van der Waals surface area (Å²) >= 11 is 0. The number of nitrogens with zero attached hydrogens (tertiary/aromatic N) is 1. The van der Waals surface area contributed by atoms with Crippen LogP contribution in [0.3, 0.4) is 0 Å². The fraction of sp³-hybridized carbons (Fsp3) is 0.636. The highest BCUT2D eigenvalue weighted by molar-refractivity contribution is 5.57. The average molecular weight is 357 g/mol. The lowest BCUT2D eigenvalue weighted by molar-refractivity contribution is -0.136. The molecule has 2 fully saturated rings. The van der Waals surface area contributed by atoms with E-state index in [2.05, 4.69) is 18.4 Å². The summed E-state index contributed by atoms with van der Waals surface area (Å²) in [5.41, 5.74) is 1.31. The number of aliphatic hydroxyl groups is 1. The van der Waals surface area contributed by atoms with Crippen molar-refractivity contribution >= 4 is 0 Å². The third-order valence-corrected chi connectivity index (χ3v) is 7.26. The van der Waals surface area contributed by atoms with Crippen molar-refractivity contribution in [3.8, 4) is 11.5 Å². The molecule has 2 bridgehead atoms. The average Bonchev–Trinajstić information content (AvgIpc) is 3.39. The summed E-state index contributed by atoms with van der Waals surface area (Å²) in [5, 5.41) is 32.8. The Morgan fingerprint density at radius 2 is 2.04 bits per heavy atom. The zero-order valence-electron chi connectivity index (χ0n) is 16.0. The Hall–Kier alpha value is -1.52. The molecule has 3 aliphatic rings. The van der Waals surface area contributed by atoms with Crippen LogP contribution < -0.4 is 0 Å². The van der Waals surface area contributed by atoms with Gasteiger partial charge in [0.2, 0.25) is 0 Å². The van der Waals surface area contributed by atoms with E-state index in [1.807, 2.05) is 13.0 Å². The van der Waals surface area contributed by atoms with E-state index in [1.54, 1.807) is 6.07 Å². The van der Waals surface area contributed by atoms with Crippen LogP contribution in [-0.4, -0.2) is 45.0 Å². The molecule has 1 aromatic carbocycles. The van der Waals surface area contributed by atoms with E-state index < -0.39 is 11.0 Å². The van der Waals surface area contributed by atoms with Crippen LogP contribution in [0.1, 0.15) is 57.1 Å². The minimum Gasteiger partial charge on any atom is -0.504 e. The van der Waals surface area contributed by atoms with Gasteiger partial charge in [-0.2, -0.15) is 0 Å². The van der Waals surface area contributed by atoms with Gasteiger partial charge >= 0.3 is 0 Å². The molecule has 142 valence electrons. The van der Waals surface area contributed by atoms with Crippen LogP contribution in [0.25, 0.3) is 0 Å². The summed E-state index contributed by atoms with van der Waals surface area (Å²) in [6.07, 6.45) is 5.58. The summed E-state index contributed by atoms with van der Waals surface area (Å²) in [4.78, 5) is 2.47. The largest absolute Gasteiger partial charge is 0.504 e. The lowest BCUT2D eigenvalue weighted by atomic mass is 9.53. The van der Waals surface area contributed by atoms with E-state index in [0.29, 0.717) is 12.8 Å². The zero-order valence-corrected chi connectivity index (χ0v) is 16.0. The Morgan fingerprint density at radius 1 is 1.31 bits per heavy atom. The summed E-state index contributed by atoms with van der Waals surface area (Å²) in [7, 11) is 0. The van der Waals surface area contributed by atoms with Crippen LogP contribution in [0.2, 0.25) is 0 Å². The van der Waals surface area contributed by atoms with E-state index in [1.165, 1.54) is 12.8 Å². The molecule has 3 atom stereocenters. The van der Waals surface area contributed by atoms with E-state index in [0.717, 1.165) is 48.5 Å². The van der Waals surface area contributed by atoms with Crippen molar-refractivity contribution < 1.29 is 15.3 Å². The second kappa shape index (κ2) is 6.00. The first kappa shape index (κ1) is 17.9. The van der Waals surface area contributed by atoms with Gasteiger partial charge in [-0.05, 0) is 69.5 Å². The van der Waals surface area contributed by atoms with Gasteiger partial charge in [-0.25, -0.2) is 0 Å². The molecule has 1 aliphatic heterocycles.